The van der Waals surface area contributed by atoms with Crippen LogP contribution in [0.3, 0.4) is 0 Å². The second-order valence-electron chi connectivity index (χ2n) is 8.71. The molecule has 2 aromatic rings. The number of carbonyl (C=O) groups is 3. The van der Waals surface area contributed by atoms with Gasteiger partial charge in [-0.1, -0.05) is 61.2 Å². The van der Waals surface area contributed by atoms with Crippen LogP contribution in [0.1, 0.15) is 73.7 Å². The summed E-state index contributed by atoms with van der Waals surface area (Å²) in [5.41, 5.74) is 2.07. The molecule has 3 rings (SSSR count). The Labute approximate surface area is 206 Å². The van der Waals surface area contributed by atoms with Crippen LogP contribution in [0.25, 0.3) is 0 Å². The molecule has 2 aromatic carbocycles. The van der Waals surface area contributed by atoms with E-state index in [1.165, 1.54) is 12.0 Å². The van der Waals surface area contributed by atoms with Gasteiger partial charge in [0.2, 0.25) is 5.91 Å². The number of carbonyl (C=O) groups excluding carboxylic acids is 3. The summed E-state index contributed by atoms with van der Waals surface area (Å²) in [5.74, 6) is -0.741. The van der Waals surface area contributed by atoms with Crippen molar-refractivity contribution in [3.63, 3.8) is 0 Å². The number of benzene rings is 2. The fraction of sp³-hybridized carbons (Fsp3) is 0.444. The topological polar surface area (TPSA) is 84.5 Å². The first kappa shape index (κ1) is 25.8. The summed E-state index contributed by atoms with van der Waals surface area (Å²) in [6.45, 7) is 0.371. The van der Waals surface area contributed by atoms with Crippen molar-refractivity contribution >= 4 is 35.1 Å². The lowest BCUT2D eigenvalue weighted by molar-refractivity contribution is -0.143. The van der Waals surface area contributed by atoms with E-state index in [0.717, 1.165) is 38.5 Å². The molecule has 0 heterocycles. The van der Waals surface area contributed by atoms with E-state index in [2.05, 4.69) is 10.6 Å². The molecule has 0 bridgehead atoms. The zero-order chi connectivity index (χ0) is 24.2. The molecular weight excluding hydrogens is 452 g/mol. The molecular formula is C27H33ClN2O4. The van der Waals surface area contributed by atoms with Crippen molar-refractivity contribution < 1.29 is 19.1 Å². The monoisotopic (exact) mass is 484 g/mol. The van der Waals surface area contributed by atoms with Crippen molar-refractivity contribution in [3.8, 4) is 0 Å². The van der Waals surface area contributed by atoms with Crippen LogP contribution in [-0.2, 0) is 20.7 Å². The average Bonchev–Trinajstić information content (AvgIpc) is 2.84. The Morgan fingerprint density at radius 3 is 2.47 bits per heavy atom. The summed E-state index contributed by atoms with van der Waals surface area (Å²) in [6.07, 6.45) is 7.81. The van der Waals surface area contributed by atoms with Crippen LogP contribution in [0, 0.1) is 0 Å². The fourth-order valence-electron chi connectivity index (χ4n) is 4.08. The van der Waals surface area contributed by atoms with E-state index in [0.29, 0.717) is 29.3 Å². The highest BCUT2D eigenvalue weighted by atomic mass is 35.5. The van der Waals surface area contributed by atoms with Gasteiger partial charge in [-0.3, -0.25) is 14.4 Å². The van der Waals surface area contributed by atoms with Gasteiger partial charge in [-0.25, -0.2) is 0 Å². The van der Waals surface area contributed by atoms with Crippen LogP contribution >= 0.6 is 11.6 Å². The highest BCUT2D eigenvalue weighted by molar-refractivity contribution is 6.34. The molecule has 6 nitrogen and oxygen atoms in total. The molecule has 0 aromatic heterocycles. The molecule has 1 aliphatic carbocycles. The summed E-state index contributed by atoms with van der Waals surface area (Å²) in [5, 5.41) is 6.18. The summed E-state index contributed by atoms with van der Waals surface area (Å²) < 4.78 is 5.25. The fourth-order valence-corrected chi connectivity index (χ4v) is 4.29. The molecule has 1 aliphatic rings. The van der Waals surface area contributed by atoms with E-state index < -0.39 is 0 Å². The third-order valence-corrected chi connectivity index (χ3v) is 6.27. The maximum Gasteiger partial charge on any atom is 0.305 e. The smallest absolute Gasteiger partial charge is 0.305 e. The Kier molecular flexibility index (Phi) is 10.4. The Morgan fingerprint density at radius 2 is 1.71 bits per heavy atom. The van der Waals surface area contributed by atoms with Crippen LogP contribution in [0.4, 0.5) is 5.69 Å². The largest absolute Gasteiger partial charge is 0.466 e. The normalized spacial score (nSPS) is 13.8. The van der Waals surface area contributed by atoms with Gasteiger partial charge >= 0.3 is 5.97 Å². The van der Waals surface area contributed by atoms with Crippen molar-refractivity contribution in [1.82, 2.24) is 5.32 Å². The predicted molar refractivity (Wildman–Crippen MR) is 134 cm³/mol. The van der Waals surface area contributed by atoms with Gasteiger partial charge in [0, 0.05) is 24.6 Å². The molecule has 1 fully saturated rings. The van der Waals surface area contributed by atoms with E-state index in [1.807, 2.05) is 30.3 Å². The molecule has 0 saturated heterocycles. The van der Waals surface area contributed by atoms with Gasteiger partial charge < -0.3 is 15.4 Å². The number of hydrogen-bond donors (Lipinski definition) is 2. The van der Waals surface area contributed by atoms with Gasteiger partial charge in [0.05, 0.1) is 17.2 Å². The lowest BCUT2D eigenvalue weighted by Crippen LogP contribution is -2.36. The number of hydrogen-bond acceptors (Lipinski definition) is 4. The third-order valence-electron chi connectivity index (χ3n) is 5.94. The van der Waals surface area contributed by atoms with Gasteiger partial charge in [-0.15, -0.1) is 0 Å². The lowest BCUT2D eigenvalue weighted by Gasteiger charge is -2.23. The summed E-state index contributed by atoms with van der Waals surface area (Å²) in [7, 11) is 0. The molecule has 182 valence electrons. The van der Waals surface area contributed by atoms with E-state index in [9.17, 15) is 14.4 Å². The van der Waals surface area contributed by atoms with Crippen molar-refractivity contribution in [3.05, 3.63) is 64.7 Å². The number of amides is 2. The molecule has 2 N–H and O–H groups in total. The standard InChI is InChI=1S/C27H33ClN2O4/c28-24-17-16-22(19-23(24)27(33)30-21-12-5-2-6-13-21)29-25(31)14-7-15-26(32)34-18-8-11-20-9-3-1-4-10-20/h1,3-4,9-10,16-17,19,21H,2,5-8,11-15,18H2,(H,29,31)(H,30,33). The van der Waals surface area contributed by atoms with Crippen LogP contribution in [0.15, 0.2) is 48.5 Å². The van der Waals surface area contributed by atoms with Crippen molar-refractivity contribution in [2.75, 3.05) is 11.9 Å². The first-order valence-electron chi connectivity index (χ1n) is 12.1. The van der Waals surface area contributed by atoms with Gasteiger partial charge in [0.25, 0.3) is 5.91 Å². The van der Waals surface area contributed by atoms with Crippen LogP contribution in [-0.4, -0.2) is 30.4 Å². The van der Waals surface area contributed by atoms with Gasteiger partial charge in [0.15, 0.2) is 0 Å². The number of ether oxygens (including phenoxy) is 1. The molecule has 34 heavy (non-hydrogen) atoms. The zero-order valence-electron chi connectivity index (χ0n) is 19.5. The highest BCUT2D eigenvalue weighted by Crippen LogP contribution is 2.23. The number of halogens is 1. The minimum Gasteiger partial charge on any atom is -0.466 e. The number of aryl methyl sites for hydroxylation is 1. The maximum absolute atomic E-state index is 12.6. The predicted octanol–water partition coefficient (Wildman–Crippen LogP) is 5.69. The van der Waals surface area contributed by atoms with E-state index in [1.54, 1.807) is 18.2 Å². The van der Waals surface area contributed by atoms with Gasteiger partial charge in [-0.05, 0) is 55.9 Å². The average molecular weight is 485 g/mol. The van der Waals surface area contributed by atoms with Crippen LogP contribution < -0.4 is 10.6 Å². The number of rotatable bonds is 11. The first-order chi connectivity index (χ1) is 16.5. The van der Waals surface area contributed by atoms with E-state index in [-0.39, 0.29) is 36.7 Å². The molecule has 0 spiro atoms. The van der Waals surface area contributed by atoms with Gasteiger partial charge in [0.1, 0.15) is 0 Å². The van der Waals surface area contributed by atoms with Crippen molar-refractivity contribution in [2.24, 2.45) is 0 Å². The molecule has 1 saturated carbocycles. The molecule has 0 unspecified atom stereocenters. The maximum atomic E-state index is 12.6. The number of esters is 1. The molecule has 2 amide bonds. The van der Waals surface area contributed by atoms with Crippen LogP contribution in [0.2, 0.25) is 5.02 Å². The second-order valence-corrected chi connectivity index (χ2v) is 9.12. The Bertz CT molecular complexity index is 958. The molecule has 0 aliphatic heterocycles. The SMILES string of the molecule is O=C(CCCC(=O)OCCCc1ccccc1)Nc1ccc(Cl)c(C(=O)NC2CCCCC2)c1. The van der Waals surface area contributed by atoms with Crippen LogP contribution in [0.5, 0.6) is 0 Å². The number of nitrogens with one attached hydrogen (secondary N) is 2. The molecule has 0 radical (unpaired) electrons. The lowest BCUT2D eigenvalue weighted by atomic mass is 9.95. The van der Waals surface area contributed by atoms with Crippen molar-refractivity contribution in [2.45, 2.75) is 70.3 Å². The zero-order valence-corrected chi connectivity index (χ0v) is 20.2. The van der Waals surface area contributed by atoms with E-state index in [4.69, 9.17) is 16.3 Å². The quantitative estimate of drug-likeness (QED) is 0.317. The minimum atomic E-state index is -0.297. The Morgan fingerprint density at radius 1 is 0.941 bits per heavy atom. The van der Waals surface area contributed by atoms with Gasteiger partial charge in [-0.2, -0.15) is 0 Å². The van der Waals surface area contributed by atoms with E-state index >= 15 is 0 Å². The third kappa shape index (κ3) is 8.82. The Hall–Kier alpha value is -2.86. The summed E-state index contributed by atoms with van der Waals surface area (Å²) in [4.78, 5) is 36.8. The second kappa shape index (κ2) is 13.8. The first-order valence-corrected chi connectivity index (χ1v) is 12.5. The molecule has 7 heteroatoms. The number of anilines is 1. The Balaban J connectivity index is 1.35. The summed E-state index contributed by atoms with van der Waals surface area (Å²) >= 11 is 6.23. The van der Waals surface area contributed by atoms with Crippen molar-refractivity contribution in [1.29, 1.82) is 0 Å². The molecule has 0 atom stereocenters. The summed E-state index contributed by atoms with van der Waals surface area (Å²) in [6, 6.07) is 15.1. The minimum absolute atomic E-state index is 0.175. The highest BCUT2D eigenvalue weighted by Gasteiger charge is 2.19.